The van der Waals surface area contributed by atoms with Crippen LogP contribution in [0.4, 0.5) is 0 Å². The van der Waals surface area contributed by atoms with Gasteiger partial charge in [-0.05, 0) is 19.9 Å². The van der Waals surface area contributed by atoms with Crippen LogP contribution in [0.25, 0.3) is 0 Å². The number of allylic oxidation sites excluding steroid dienone is 2. The van der Waals surface area contributed by atoms with Gasteiger partial charge >= 0.3 is 0 Å². The van der Waals surface area contributed by atoms with Crippen molar-refractivity contribution in [3.63, 3.8) is 0 Å². The Kier molecular flexibility index (Phi) is 14.1. The summed E-state index contributed by atoms with van der Waals surface area (Å²) in [5.74, 6) is -0.328. The molecule has 133 valence electrons. The van der Waals surface area contributed by atoms with Crippen LogP contribution in [0.15, 0.2) is 23.4 Å². The molecule has 2 amide bonds. The van der Waals surface area contributed by atoms with Gasteiger partial charge in [0.25, 0.3) is 0 Å². The maximum Gasteiger partial charge on any atom is 0.247 e. The van der Waals surface area contributed by atoms with Crippen LogP contribution < -0.4 is 5.32 Å². The molecule has 0 aromatic heterocycles. The summed E-state index contributed by atoms with van der Waals surface area (Å²) < 4.78 is 0. The summed E-state index contributed by atoms with van der Waals surface area (Å²) >= 11 is 0. The molecule has 0 bridgehead atoms. The smallest absolute Gasteiger partial charge is 0.247 e. The van der Waals surface area contributed by atoms with Crippen molar-refractivity contribution < 1.29 is 30.0 Å². The van der Waals surface area contributed by atoms with Gasteiger partial charge in [0, 0.05) is 26.8 Å². The number of rotatable bonds is 3. The molecule has 0 spiro atoms. The molecule has 0 aromatic carbocycles. The fourth-order valence-corrected chi connectivity index (χ4v) is 2.56. The summed E-state index contributed by atoms with van der Waals surface area (Å²) in [5, 5.41) is 2.42. The molecule has 0 aliphatic carbocycles. The SMILES string of the molecule is C/C=C\C1=C(CC)[CH-]CN1C1CCC(=O)NC1=O.CC.CC.[Re]. The van der Waals surface area contributed by atoms with Crippen LogP contribution in [-0.2, 0) is 30.0 Å². The molecule has 1 fully saturated rings. The number of amides is 2. The first-order chi connectivity index (χ1) is 10.7. The van der Waals surface area contributed by atoms with Crippen molar-refractivity contribution in [1.82, 2.24) is 10.2 Å². The maximum atomic E-state index is 11.9. The zero-order chi connectivity index (χ0) is 17.1. The van der Waals surface area contributed by atoms with Crippen LogP contribution in [0.3, 0.4) is 0 Å². The Balaban J connectivity index is 0. The first kappa shape index (κ1) is 24.2. The van der Waals surface area contributed by atoms with Gasteiger partial charge < -0.3 is 4.90 Å². The summed E-state index contributed by atoms with van der Waals surface area (Å²) in [6.45, 7) is 12.8. The van der Waals surface area contributed by atoms with Crippen LogP contribution in [0, 0.1) is 6.42 Å². The van der Waals surface area contributed by atoms with Crippen LogP contribution in [0.2, 0.25) is 0 Å². The van der Waals surface area contributed by atoms with Gasteiger partial charge in [0.15, 0.2) is 0 Å². The van der Waals surface area contributed by atoms with Gasteiger partial charge in [-0.15, -0.1) is 17.8 Å². The molecular formula is C18H31N2O2Re-. The summed E-state index contributed by atoms with van der Waals surface area (Å²) in [7, 11) is 0. The Morgan fingerprint density at radius 1 is 1.26 bits per heavy atom. The van der Waals surface area contributed by atoms with Gasteiger partial charge in [-0.1, -0.05) is 41.0 Å². The predicted molar refractivity (Wildman–Crippen MR) is 92.0 cm³/mol. The van der Waals surface area contributed by atoms with Crippen molar-refractivity contribution in [3.8, 4) is 0 Å². The van der Waals surface area contributed by atoms with E-state index in [0.717, 1.165) is 18.7 Å². The van der Waals surface area contributed by atoms with Crippen LogP contribution in [0.5, 0.6) is 0 Å². The molecule has 2 aliphatic heterocycles. The number of imide groups is 1. The summed E-state index contributed by atoms with van der Waals surface area (Å²) in [6, 6.07) is -0.214. The topological polar surface area (TPSA) is 49.4 Å². The minimum absolute atomic E-state index is 0. The number of carbonyl (C=O) groups excluding carboxylic acids is 2. The molecule has 4 nitrogen and oxygen atoms in total. The fraction of sp³-hybridized carbons (Fsp3) is 0.611. The van der Waals surface area contributed by atoms with E-state index >= 15 is 0 Å². The molecule has 23 heavy (non-hydrogen) atoms. The first-order valence-electron chi connectivity index (χ1n) is 8.46. The van der Waals surface area contributed by atoms with E-state index in [0.29, 0.717) is 12.8 Å². The molecule has 1 unspecified atom stereocenters. The van der Waals surface area contributed by atoms with Crippen molar-refractivity contribution >= 4 is 11.8 Å². The third-order valence-corrected chi connectivity index (χ3v) is 3.46. The Morgan fingerprint density at radius 3 is 2.35 bits per heavy atom. The van der Waals surface area contributed by atoms with Crippen LogP contribution >= 0.6 is 0 Å². The Bertz CT molecular complexity index is 431. The minimum atomic E-state index is -0.214. The van der Waals surface area contributed by atoms with Crippen LogP contribution in [0.1, 0.15) is 60.8 Å². The summed E-state index contributed by atoms with van der Waals surface area (Å²) in [6.07, 6.45) is 8.20. The van der Waals surface area contributed by atoms with E-state index in [9.17, 15) is 9.59 Å². The Hall–Kier alpha value is -1.05. The maximum absolute atomic E-state index is 11.9. The van der Waals surface area contributed by atoms with Crippen LogP contribution in [-0.4, -0.2) is 29.3 Å². The first-order valence-corrected chi connectivity index (χ1v) is 8.46. The van der Waals surface area contributed by atoms with Crippen molar-refractivity contribution in [2.24, 2.45) is 0 Å². The zero-order valence-corrected chi connectivity index (χ0v) is 18.0. The predicted octanol–water partition coefficient (Wildman–Crippen LogP) is 3.60. The van der Waals surface area contributed by atoms with E-state index < -0.39 is 0 Å². The van der Waals surface area contributed by atoms with E-state index in [1.54, 1.807) is 0 Å². The standard InChI is InChI=1S/C14H19N2O2.2C2H6.Re/c1-3-5-11-10(4-2)8-9-16(11)12-6-7-13(17)15-14(12)18;2*1-2;/h3,5,8,12H,4,6-7,9H2,1-2H3,(H,15,17,18);2*1-2H3;/q-1;;;/b5-3-;;;. The molecule has 0 aromatic rings. The molecule has 2 rings (SSSR count). The zero-order valence-electron chi connectivity index (χ0n) is 15.3. The van der Waals surface area contributed by atoms with Crippen molar-refractivity contribution in [2.75, 3.05) is 6.54 Å². The number of carbonyl (C=O) groups is 2. The second-order valence-electron chi connectivity index (χ2n) is 4.59. The van der Waals surface area contributed by atoms with Crippen molar-refractivity contribution in [3.05, 3.63) is 29.8 Å². The molecule has 1 N–H and O–H groups in total. The van der Waals surface area contributed by atoms with Gasteiger partial charge in [-0.2, -0.15) is 5.57 Å². The molecule has 5 heteroatoms. The normalized spacial score (nSPS) is 19.9. The second-order valence-corrected chi connectivity index (χ2v) is 4.59. The van der Waals surface area contributed by atoms with Crippen molar-refractivity contribution in [1.29, 1.82) is 0 Å². The quantitative estimate of drug-likeness (QED) is 0.483. The third-order valence-electron chi connectivity index (χ3n) is 3.46. The van der Waals surface area contributed by atoms with E-state index in [4.69, 9.17) is 0 Å². The van der Waals surface area contributed by atoms with E-state index in [1.807, 2.05) is 46.8 Å². The van der Waals surface area contributed by atoms with Gasteiger partial charge in [-0.25, -0.2) is 6.42 Å². The molecular weight excluding hydrogens is 462 g/mol. The largest absolute Gasteiger partial charge is 0.450 e. The molecule has 1 saturated heterocycles. The van der Waals surface area contributed by atoms with Crippen molar-refractivity contribution in [2.45, 2.75) is 66.8 Å². The Morgan fingerprint density at radius 2 is 1.87 bits per heavy atom. The second kappa shape index (κ2) is 13.4. The molecule has 0 saturated carbocycles. The van der Waals surface area contributed by atoms with E-state index in [2.05, 4.69) is 23.6 Å². The van der Waals surface area contributed by atoms with E-state index in [1.165, 1.54) is 5.57 Å². The number of piperidine rings is 1. The Labute approximate surface area is 155 Å². The molecule has 2 heterocycles. The third kappa shape index (κ3) is 6.53. The average Bonchev–Trinajstić information content (AvgIpc) is 2.94. The van der Waals surface area contributed by atoms with Gasteiger partial charge in [0.1, 0.15) is 0 Å². The average molecular weight is 494 g/mol. The number of hydrogen-bond donors (Lipinski definition) is 1. The van der Waals surface area contributed by atoms with Gasteiger partial charge in [0.05, 0.1) is 6.04 Å². The molecule has 1 radical (unpaired) electrons. The number of nitrogens with zero attached hydrogens (tertiary/aromatic N) is 1. The monoisotopic (exact) mass is 494 g/mol. The fourth-order valence-electron chi connectivity index (χ4n) is 2.56. The van der Waals surface area contributed by atoms with Gasteiger partial charge in [0.2, 0.25) is 11.8 Å². The minimum Gasteiger partial charge on any atom is -0.450 e. The van der Waals surface area contributed by atoms with E-state index in [-0.39, 0.29) is 38.3 Å². The summed E-state index contributed by atoms with van der Waals surface area (Å²) in [5.41, 5.74) is 2.40. The van der Waals surface area contributed by atoms with Gasteiger partial charge in [-0.3, -0.25) is 14.9 Å². The molecule has 2 aliphatic rings. The molecule has 1 atom stereocenters. The summed E-state index contributed by atoms with van der Waals surface area (Å²) in [4.78, 5) is 25.2. The number of hydrogen-bond acceptors (Lipinski definition) is 3. The number of nitrogens with one attached hydrogen (secondary N) is 1.